The largest absolute Gasteiger partial charge is 0.294 e. The molecule has 0 saturated heterocycles. The third-order valence-corrected chi connectivity index (χ3v) is 2.98. The Hall–Kier alpha value is -1.16. The Bertz CT molecular complexity index is 347. The number of carbonyl (C=O) groups excluding carboxylic acids is 2. The molecule has 0 unspecified atom stereocenters. The Kier molecular flexibility index (Phi) is 5.08. The minimum absolute atomic E-state index is 0.0631. The van der Waals surface area contributed by atoms with Crippen LogP contribution < -0.4 is 5.48 Å². The van der Waals surface area contributed by atoms with Gasteiger partial charge in [0.1, 0.15) is 0 Å². The summed E-state index contributed by atoms with van der Waals surface area (Å²) in [6.07, 6.45) is 2.38. The van der Waals surface area contributed by atoms with E-state index < -0.39 is 0 Å². The molecule has 18 heavy (non-hydrogen) atoms. The highest BCUT2D eigenvalue weighted by molar-refractivity contribution is 6.22. The van der Waals surface area contributed by atoms with Crippen molar-refractivity contribution in [2.75, 3.05) is 6.61 Å². The van der Waals surface area contributed by atoms with Gasteiger partial charge in [-0.3, -0.25) is 19.9 Å². The Morgan fingerprint density at radius 1 is 1.22 bits per heavy atom. The zero-order chi connectivity index (χ0) is 13.8. The van der Waals surface area contributed by atoms with E-state index in [0.717, 1.165) is 6.42 Å². The Labute approximate surface area is 109 Å². The molecule has 1 N–H and O–H groups in total. The van der Waals surface area contributed by atoms with Gasteiger partial charge in [0.15, 0.2) is 11.6 Å². The van der Waals surface area contributed by atoms with Gasteiger partial charge in [0, 0.05) is 12.8 Å². The molecular weight excluding hydrogens is 230 g/mol. The number of ketones is 2. The van der Waals surface area contributed by atoms with E-state index >= 15 is 0 Å². The van der Waals surface area contributed by atoms with Gasteiger partial charge in [-0.15, -0.1) is 0 Å². The van der Waals surface area contributed by atoms with Crippen LogP contribution in [0, 0.1) is 5.41 Å². The van der Waals surface area contributed by atoms with Gasteiger partial charge >= 0.3 is 0 Å². The molecule has 0 spiro atoms. The summed E-state index contributed by atoms with van der Waals surface area (Å²) < 4.78 is 0. The first kappa shape index (κ1) is 14.9. The minimum atomic E-state index is -0.222. The number of hydrogen-bond donors (Lipinski definition) is 1. The first-order chi connectivity index (χ1) is 8.41. The van der Waals surface area contributed by atoms with Crippen molar-refractivity contribution in [3.8, 4) is 0 Å². The van der Waals surface area contributed by atoms with Crippen molar-refractivity contribution in [1.29, 1.82) is 0 Å². The third kappa shape index (κ3) is 3.67. The maximum atomic E-state index is 12.1. The summed E-state index contributed by atoms with van der Waals surface area (Å²) in [6, 6.07) is 0. The SMILES string of the molecule is CCCC(NOCC)=C1C(=O)CC(C)(C)CC1=O. The molecule has 1 aliphatic rings. The number of carbonyl (C=O) groups is 2. The number of hydrogen-bond acceptors (Lipinski definition) is 4. The van der Waals surface area contributed by atoms with Crippen molar-refractivity contribution in [2.45, 2.75) is 53.4 Å². The van der Waals surface area contributed by atoms with Crippen molar-refractivity contribution < 1.29 is 14.4 Å². The van der Waals surface area contributed by atoms with Crippen molar-refractivity contribution in [2.24, 2.45) is 5.41 Å². The van der Waals surface area contributed by atoms with Crippen LogP contribution in [0.4, 0.5) is 0 Å². The first-order valence-corrected chi connectivity index (χ1v) is 6.58. The number of hydroxylamine groups is 1. The number of rotatable bonds is 5. The Morgan fingerprint density at radius 2 is 1.78 bits per heavy atom. The second kappa shape index (κ2) is 6.14. The van der Waals surface area contributed by atoms with Crippen LogP contribution in [-0.2, 0) is 14.4 Å². The Morgan fingerprint density at radius 3 is 2.22 bits per heavy atom. The van der Waals surface area contributed by atoms with E-state index in [1.54, 1.807) is 0 Å². The average Bonchev–Trinajstić information content (AvgIpc) is 2.23. The smallest absolute Gasteiger partial charge is 0.168 e. The van der Waals surface area contributed by atoms with Gasteiger partial charge in [0.25, 0.3) is 0 Å². The van der Waals surface area contributed by atoms with Crippen molar-refractivity contribution >= 4 is 11.6 Å². The van der Waals surface area contributed by atoms with E-state index in [1.807, 2.05) is 27.7 Å². The molecule has 1 saturated carbocycles. The highest BCUT2D eigenvalue weighted by atomic mass is 16.6. The standard InChI is InChI=1S/C14H23NO3/c1-5-7-10(15-18-6-2)13-11(16)8-14(3,4)9-12(13)17/h15H,5-9H2,1-4H3. The van der Waals surface area contributed by atoms with E-state index in [-0.39, 0.29) is 17.0 Å². The number of allylic oxidation sites excluding steroid dienone is 2. The zero-order valence-corrected chi connectivity index (χ0v) is 11.8. The van der Waals surface area contributed by atoms with Crippen LogP contribution >= 0.6 is 0 Å². The predicted octanol–water partition coefficient (Wildman–Crippen LogP) is 2.54. The molecular formula is C14H23NO3. The maximum absolute atomic E-state index is 12.1. The molecule has 0 amide bonds. The molecule has 0 atom stereocenters. The average molecular weight is 253 g/mol. The summed E-state index contributed by atoms with van der Waals surface area (Å²) in [5, 5.41) is 0. The lowest BCUT2D eigenvalue weighted by Gasteiger charge is -2.29. The normalized spacial score (nSPS) is 19.0. The molecule has 1 fully saturated rings. The maximum Gasteiger partial charge on any atom is 0.168 e. The van der Waals surface area contributed by atoms with Gasteiger partial charge < -0.3 is 0 Å². The van der Waals surface area contributed by atoms with Crippen LogP contribution in [0.1, 0.15) is 53.4 Å². The fraction of sp³-hybridized carbons (Fsp3) is 0.714. The van der Waals surface area contributed by atoms with Crippen molar-refractivity contribution in [1.82, 2.24) is 5.48 Å². The van der Waals surface area contributed by atoms with Crippen molar-refractivity contribution in [3.05, 3.63) is 11.3 Å². The highest BCUT2D eigenvalue weighted by Crippen LogP contribution is 2.34. The molecule has 0 aromatic rings. The molecule has 102 valence electrons. The second-order valence-corrected chi connectivity index (χ2v) is 5.50. The van der Waals surface area contributed by atoms with Crippen LogP contribution in [0.2, 0.25) is 0 Å². The lowest BCUT2D eigenvalue weighted by molar-refractivity contribution is -0.127. The molecule has 0 aliphatic heterocycles. The highest BCUT2D eigenvalue weighted by Gasteiger charge is 2.37. The van der Waals surface area contributed by atoms with Gasteiger partial charge in [-0.05, 0) is 18.8 Å². The monoisotopic (exact) mass is 253 g/mol. The van der Waals surface area contributed by atoms with Crippen LogP contribution in [0.3, 0.4) is 0 Å². The van der Waals surface area contributed by atoms with Gasteiger partial charge in [-0.1, -0.05) is 27.2 Å². The molecule has 1 rings (SSSR count). The van der Waals surface area contributed by atoms with Gasteiger partial charge in [-0.25, -0.2) is 0 Å². The number of Topliss-reactive ketones (excluding diaryl/α,β-unsaturated/α-hetero) is 2. The molecule has 0 aromatic carbocycles. The first-order valence-electron chi connectivity index (χ1n) is 6.58. The fourth-order valence-electron chi connectivity index (χ4n) is 2.24. The summed E-state index contributed by atoms with van der Waals surface area (Å²) in [4.78, 5) is 29.4. The van der Waals surface area contributed by atoms with E-state index in [4.69, 9.17) is 4.84 Å². The minimum Gasteiger partial charge on any atom is -0.294 e. The van der Waals surface area contributed by atoms with E-state index in [0.29, 0.717) is 37.1 Å². The van der Waals surface area contributed by atoms with Gasteiger partial charge in [0.2, 0.25) is 0 Å². The molecule has 0 heterocycles. The fourth-order valence-corrected chi connectivity index (χ4v) is 2.24. The molecule has 0 radical (unpaired) electrons. The quantitative estimate of drug-likeness (QED) is 0.465. The lowest BCUT2D eigenvalue weighted by Crippen LogP contribution is -2.34. The van der Waals surface area contributed by atoms with Crippen LogP contribution in [0.5, 0.6) is 0 Å². The molecule has 4 heteroatoms. The summed E-state index contributed by atoms with van der Waals surface area (Å²) in [7, 11) is 0. The predicted molar refractivity (Wildman–Crippen MR) is 69.7 cm³/mol. The molecule has 0 bridgehead atoms. The topological polar surface area (TPSA) is 55.4 Å². The lowest BCUT2D eigenvalue weighted by atomic mass is 9.73. The van der Waals surface area contributed by atoms with Gasteiger partial charge in [-0.2, -0.15) is 0 Å². The van der Waals surface area contributed by atoms with Crippen LogP contribution in [0.15, 0.2) is 11.3 Å². The van der Waals surface area contributed by atoms with Crippen LogP contribution in [-0.4, -0.2) is 18.2 Å². The second-order valence-electron chi connectivity index (χ2n) is 5.50. The van der Waals surface area contributed by atoms with E-state index in [9.17, 15) is 9.59 Å². The van der Waals surface area contributed by atoms with Crippen LogP contribution in [0.25, 0.3) is 0 Å². The number of nitrogens with one attached hydrogen (secondary N) is 1. The van der Waals surface area contributed by atoms with Crippen molar-refractivity contribution in [3.63, 3.8) is 0 Å². The summed E-state index contributed by atoms with van der Waals surface area (Å²) in [5.41, 5.74) is 3.51. The zero-order valence-electron chi connectivity index (χ0n) is 11.8. The van der Waals surface area contributed by atoms with E-state index in [2.05, 4.69) is 5.48 Å². The third-order valence-electron chi connectivity index (χ3n) is 2.98. The molecule has 4 nitrogen and oxygen atoms in total. The summed E-state index contributed by atoms with van der Waals surface area (Å²) in [6.45, 7) is 8.27. The summed E-state index contributed by atoms with van der Waals surface area (Å²) in [5.74, 6) is -0.126. The van der Waals surface area contributed by atoms with Gasteiger partial charge in [0.05, 0.1) is 17.9 Å². The molecule has 1 aliphatic carbocycles. The van der Waals surface area contributed by atoms with E-state index in [1.165, 1.54) is 0 Å². The summed E-state index contributed by atoms with van der Waals surface area (Å²) >= 11 is 0. The Balaban J connectivity index is 3.00. The molecule has 0 aromatic heterocycles.